The van der Waals surface area contributed by atoms with E-state index in [0.29, 0.717) is 0 Å². The third-order valence-electron chi connectivity index (χ3n) is 13.6. The molecule has 0 heteroatoms. The Morgan fingerprint density at radius 3 is 1.19 bits per heavy atom. The Morgan fingerprint density at radius 2 is 0.632 bits per heavy atom. The minimum absolute atomic E-state index is 0.138. The van der Waals surface area contributed by atoms with Gasteiger partial charge in [-0.3, -0.25) is 0 Å². The highest BCUT2D eigenvalue weighted by Gasteiger charge is 2.36. The number of fused-ring (bicyclic) bond motifs is 10. The largest absolute Gasteiger partial charge is 0.0616 e. The molecule has 0 radical (unpaired) electrons. The van der Waals surface area contributed by atoms with Gasteiger partial charge >= 0.3 is 0 Å². The van der Waals surface area contributed by atoms with Crippen LogP contribution in [0.15, 0.2) is 182 Å². The summed E-state index contributed by atoms with van der Waals surface area (Å²) in [5, 5.41) is 7.92. The molecule has 0 unspecified atom stereocenters. The van der Waals surface area contributed by atoms with Crippen molar-refractivity contribution in [1.29, 1.82) is 0 Å². The lowest BCUT2D eigenvalue weighted by Gasteiger charge is -2.23. The Balaban J connectivity index is 0.876. The van der Waals surface area contributed by atoms with E-state index in [1.807, 2.05) is 0 Å². The van der Waals surface area contributed by atoms with E-state index in [4.69, 9.17) is 0 Å². The fraction of sp³-hybridized carbons (Fsp3) is 0.0526. The molecular formula is C57H36. The molecular weight excluding hydrogens is 685 g/mol. The molecule has 0 amide bonds. The first kappa shape index (κ1) is 31.2. The summed E-state index contributed by atoms with van der Waals surface area (Å²) in [6.07, 6.45) is 0. The maximum absolute atomic E-state index is 2.47. The zero-order valence-corrected chi connectivity index (χ0v) is 31.8. The second-order valence-corrected chi connectivity index (χ2v) is 16.8. The molecule has 0 fully saturated rings. The Morgan fingerprint density at radius 1 is 0.263 bits per heavy atom. The van der Waals surface area contributed by atoms with Gasteiger partial charge in [-0.15, -0.1) is 0 Å². The van der Waals surface area contributed by atoms with E-state index in [2.05, 4.69) is 196 Å². The number of benzene rings is 10. The van der Waals surface area contributed by atoms with Crippen molar-refractivity contribution in [2.45, 2.75) is 19.3 Å². The summed E-state index contributed by atoms with van der Waals surface area (Å²) >= 11 is 0. The first-order chi connectivity index (χ1) is 28.0. The highest BCUT2D eigenvalue weighted by molar-refractivity contribution is 6.20. The van der Waals surface area contributed by atoms with Gasteiger partial charge in [0.2, 0.25) is 0 Å². The smallest absolute Gasteiger partial charge is 0.0159 e. The van der Waals surface area contributed by atoms with E-state index in [9.17, 15) is 0 Å². The van der Waals surface area contributed by atoms with Crippen LogP contribution in [0.4, 0.5) is 0 Å². The number of hydrogen-bond donors (Lipinski definition) is 0. The molecule has 0 heterocycles. The van der Waals surface area contributed by atoms with Crippen molar-refractivity contribution in [3.63, 3.8) is 0 Å². The minimum atomic E-state index is -0.138. The lowest BCUT2D eigenvalue weighted by molar-refractivity contribution is 0.661. The van der Waals surface area contributed by atoms with E-state index >= 15 is 0 Å². The van der Waals surface area contributed by atoms with Crippen molar-refractivity contribution in [1.82, 2.24) is 0 Å². The third kappa shape index (κ3) is 4.17. The van der Waals surface area contributed by atoms with Crippen molar-refractivity contribution >= 4 is 32.3 Å². The van der Waals surface area contributed by atoms with Crippen LogP contribution in [0, 0.1) is 0 Å². The van der Waals surface area contributed by atoms with Crippen LogP contribution >= 0.6 is 0 Å². The van der Waals surface area contributed by atoms with E-state index in [1.165, 1.54) is 132 Å². The van der Waals surface area contributed by atoms with Gasteiger partial charge in [-0.1, -0.05) is 172 Å². The monoisotopic (exact) mass is 720 g/mol. The molecule has 13 rings (SSSR count). The minimum Gasteiger partial charge on any atom is -0.0616 e. The fourth-order valence-electron chi connectivity index (χ4n) is 10.8. The maximum Gasteiger partial charge on any atom is 0.0159 e. The molecule has 3 aliphatic rings. The first-order valence-electron chi connectivity index (χ1n) is 20.2. The van der Waals surface area contributed by atoms with Crippen molar-refractivity contribution in [2.75, 3.05) is 0 Å². The van der Waals surface area contributed by atoms with Gasteiger partial charge in [-0.05, 0) is 157 Å². The van der Waals surface area contributed by atoms with Crippen LogP contribution in [0.25, 0.3) is 121 Å². The average molecular weight is 721 g/mol. The molecule has 0 aromatic heterocycles. The van der Waals surface area contributed by atoms with Crippen molar-refractivity contribution in [3.8, 4) is 89.0 Å². The van der Waals surface area contributed by atoms with Crippen LogP contribution in [-0.4, -0.2) is 0 Å². The molecule has 0 bridgehead atoms. The average Bonchev–Trinajstić information content (AvgIpc) is 3.85. The van der Waals surface area contributed by atoms with Gasteiger partial charge in [-0.2, -0.15) is 0 Å². The second-order valence-electron chi connectivity index (χ2n) is 16.8. The van der Waals surface area contributed by atoms with Gasteiger partial charge in [0.05, 0.1) is 0 Å². The lowest BCUT2D eigenvalue weighted by Crippen LogP contribution is -2.15. The van der Waals surface area contributed by atoms with E-state index in [1.54, 1.807) is 0 Å². The van der Waals surface area contributed by atoms with E-state index < -0.39 is 0 Å². The van der Waals surface area contributed by atoms with Crippen LogP contribution in [0.3, 0.4) is 0 Å². The summed E-state index contributed by atoms with van der Waals surface area (Å²) in [5.41, 5.74) is 23.7. The Hall–Kier alpha value is -7.02. The lowest BCUT2D eigenvalue weighted by atomic mass is 9.80. The molecule has 0 spiro atoms. The predicted octanol–water partition coefficient (Wildman–Crippen LogP) is 15.7. The van der Waals surface area contributed by atoms with Crippen LogP contribution in [0.5, 0.6) is 0 Å². The Labute approximate surface area is 332 Å². The topological polar surface area (TPSA) is 0 Å². The van der Waals surface area contributed by atoms with Crippen LogP contribution in [0.2, 0.25) is 0 Å². The van der Waals surface area contributed by atoms with E-state index in [0.717, 1.165) is 0 Å². The summed E-state index contributed by atoms with van der Waals surface area (Å²) in [7, 11) is 0. The Bertz CT molecular complexity index is 3370. The molecule has 0 aliphatic heterocycles. The molecule has 0 saturated heterocycles. The van der Waals surface area contributed by atoms with Gasteiger partial charge in [-0.25, -0.2) is 0 Å². The van der Waals surface area contributed by atoms with Gasteiger partial charge in [0.15, 0.2) is 0 Å². The SMILES string of the molecule is CC1(C)c2cc(-c3ccc4ccc(-c5ccc6c7c(cccc57)-c5ccccc5-6)cc4c3)ccc2-c2ccc(-c3ccc4c5c(cccc35)-c3ccccc3-4)cc21. The molecule has 264 valence electrons. The summed E-state index contributed by atoms with van der Waals surface area (Å²) in [4.78, 5) is 0. The summed E-state index contributed by atoms with van der Waals surface area (Å²) < 4.78 is 0. The number of rotatable bonds is 3. The normalized spacial score (nSPS) is 13.6. The van der Waals surface area contributed by atoms with Gasteiger partial charge in [0.1, 0.15) is 0 Å². The zero-order chi connectivity index (χ0) is 37.6. The van der Waals surface area contributed by atoms with Crippen molar-refractivity contribution in [2.24, 2.45) is 0 Å². The molecule has 0 nitrogen and oxygen atoms in total. The van der Waals surface area contributed by atoms with E-state index in [-0.39, 0.29) is 5.41 Å². The summed E-state index contributed by atoms with van der Waals surface area (Å²) in [6, 6.07) is 68.8. The van der Waals surface area contributed by atoms with Crippen molar-refractivity contribution < 1.29 is 0 Å². The van der Waals surface area contributed by atoms with Crippen LogP contribution < -0.4 is 0 Å². The first-order valence-corrected chi connectivity index (χ1v) is 20.2. The Kier molecular flexibility index (Phi) is 6.06. The maximum atomic E-state index is 2.47. The summed E-state index contributed by atoms with van der Waals surface area (Å²) in [6.45, 7) is 4.80. The third-order valence-corrected chi connectivity index (χ3v) is 13.6. The summed E-state index contributed by atoms with van der Waals surface area (Å²) in [5.74, 6) is 0. The molecule has 10 aromatic carbocycles. The van der Waals surface area contributed by atoms with Gasteiger partial charge in [0, 0.05) is 5.41 Å². The quantitative estimate of drug-likeness (QED) is 0.170. The standard InChI is InChI=1S/C57H36/c1-57(2)53-31-35(21-23-45(53)46-24-22-37(32-54(46)57)40-26-28-52-44-12-6-4-10-42(44)50-16-8-14-48(40)56(50)52)34-19-17-33-18-20-36(30-38(33)29-34)39-25-27-51-43-11-5-3-9-41(43)49-15-7-13-47(39)55(49)51/h3-32H,1-2H3. The van der Waals surface area contributed by atoms with Crippen LogP contribution in [0.1, 0.15) is 25.0 Å². The van der Waals surface area contributed by atoms with Gasteiger partial charge in [0.25, 0.3) is 0 Å². The fourth-order valence-corrected chi connectivity index (χ4v) is 10.8. The van der Waals surface area contributed by atoms with Crippen molar-refractivity contribution in [3.05, 3.63) is 193 Å². The highest BCUT2D eigenvalue weighted by atomic mass is 14.4. The molecule has 0 N–H and O–H groups in total. The molecule has 3 aliphatic carbocycles. The zero-order valence-electron chi connectivity index (χ0n) is 31.8. The molecule has 57 heavy (non-hydrogen) atoms. The highest BCUT2D eigenvalue weighted by Crippen LogP contribution is 2.54. The molecule has 0 atom stereocenters. The predicted molar refractivity (Wildman–Crippen MR) is 242 cm³/mol. The van der Waals surface area contributed by atoms with Crippen LogP contribution in [-0.2, 0) is 5.41 Å². The number of hydrogen-bond acceptors (Lipinski definition) is 0. The van der Waals surface area contributed by atoms with Gasteiger partial charge < -0.3 is 0 Å². The molecule has 10 aromatic rings. The molecule has 0 saturated carbocycles. The second kappa shape index (κ2) is 11.1.